The topological polar surface area (TPSA) is 134 Å². The molecule has 13 heteroatoms. The smallest absolute Gasteiger partial charge is 0.335 e. The lowest BCUT2D eigenvalue weighted by Crippen LogP contribution is -2.58. The van der Waals surface area contributed by atoms with Gasteiger partial charge in [0.15, 0.2) is 5.78 Å². The molecule has 13 nitrogen and oxygen atoms in total. The normalized spacial score (nSPS) is 25.0. The van der Waals surface area contributed by atoms with Gasteiger partial charge in [-0.2, -0.15) is 10.2 Å². The molecule has 0 bridgehead atoms. The van der Waals surface area contributed by atoms with Gasteiger partial charge in [0.2, 0.25) is 0 Å². The number of allylic oxidation sites excluding steroid dienone is 1. The van der Waals surface area contributed by atoms with E-state index in [0.29, 0.717) is 75.6 Å². The zero-order valence-electron chi connectivity index (χ0n) is 23.8. The number of carbonyl (C=O) groups excluding carboxylic acids is 3. The lowest BCUT2D eigenvalue weighted by atomic mass is 9.89. The van der Waals surface area contributed by atoms with Gasteiger partial charge in [-0.05, 0) is 50.9 Å². The summed E-state index contributed by atoms with van der Waals surface area (Å²) in [5, 5.41) is 15.5. The van der Waals surface area contributed by atoms with Crippen LogP contribution in [0, 0.1) is 5.92 Å². The fourth-order valence-corrected chi connectivity index (χ4v) is 6.58. The highest BCUT2D eigenvalue weighted by molar-refractivity contribution is 6.19. The number of nitrogens with one attached hydrogen (secondary N) is 3. The number of urea groups is 2. The fraction of sp³-hybridized carbons (Fsp3) is 0.607. The Labute approximate surface area is 239 Å². The van der Waals surface area contributed by atoms with Crippen LogP contribution >= 0.6 is 0 Å². The summed E-state index contributed by atoms with van der Waals surface area (Å²) in [6.45, 7) is 7.17. The Balaban J connectivity index is 1.13. The monoisotopic (exact) mass is 565 g/mol. The predicted molar refractivity (Wildman–Crippen MR) is 151 cm³/mol. The number of anilines is 1. The highest BCUT2D eigenvalue weighted by Crippen LogP contribution is 2.49. The van der Waals surface area contributed by atoms with Gasteiger partial charge in [0.05, 0.1) is 35.7 Å². The molecule has 4 heterocycles. The number of ether oxygens (including phenoxy) is 1. The van der Waals surface area contributed by atoms with Gasteiger partial charge >= 0.3 is 12.1 Å². The second-order valence-electron chi connectivity index (χ2n) is 11.2. The van der Waals surface area contributed by atoms with E-state index in [0.717, 1.165) is 30.6 Å². The summed E-state index contributed by atoms with van der Waals surface area (Å²) >= 11 is 0. The van der Waals surface area contributed by atoms with Crippen molar-refractivity contribution in [2.45, 2.75) is 44.8 Å². The van der Waals surface area contributed by atoms with E-state index in [9.17, 15) is 14.4 Å². The summed E-state index contributed by atoms with van der Waals surface area (Å²) < 4.78 is 5.33. The van der Waals surface area contributed by atoms with Crippen LogP contribution < -0.4 is 16.2 Å². The molecule has 6 rings (SSSR count). The molecule has 5 aliphatic rings. The van der Waals surface area contributed by atoms with Crippen molar-refractivity contribution in [2.75, 3.05) is 64.8 Å². The number of likely N-dealkylation sites (tertiary alicyclic amines) is 2. The minimum absolute atomic E-state index is 0.00282. The lowest BCUT2D eigenvalue weighted by Gasteiger charge is -2.39. The Hall–Kier alpha value is -3.39. The number of rotatable bonds is 6. The SMILES string of the molecule is CCNN(C(=O)N1CCC(C2=C3C(=O)c4c(NC(=O)NN5CCOCC5)cccc4C3N=N2)CC1)C1CCCN1C. The van der Waals surface area contributed by atoms with Crippen LogP contribution in [0.15, 0.2) is 39.7 Å². The van der Waals surface area contributed by atoms with Crippen LogP contribution in [0.3, 0.4) is 0 Å². The lowest BCUT2D eigenvalue weighted by molar-refractivity contribution is 0.0207. The van der Waals surface area contributed by atoms with Gasteiger partial charge in [0.1, 0.15) is 12.2 Å². The van der Waals surface area contributed by atoms with E-state index in [1.807, 2.05) is 24.0 Å². The number of carbonyl (C=O) groups is 3. The molecule has 3 saturated heterocycles. The largest absolute Gasteiger partial charge is 0.379 e. The summed E-state index contributed by atoms with van der Waals surface area (Å²) in [5.41, 5.74) is 9.15. The summed E-state index contributed by atoms with van der Waals surface area (Å²) in [6.07, 6.45) is 3.52. The number of hydrogen-bond donors (Lipinski definition) is 3. The van der Waals surface area contributed by atoms with E-state index < -0.39 is 12.1 Å². The first kappa shape index (κ1) is 27.8. The van der Waals surface area contributed by atoms with E-state index in [1.54, 1.807) is 16.1 Å². The van der Waals surface area contributed by atoms with Crippen molar-refractivity contribution in [1.82, 2.24) is 30.7 Å². The Bertz CT molecular complexity index is 1250. The number of hydrogen-bond acceptors (Lipinski definition) is 9. The predicted octanol–water partition coefficient (Wildman–Crippen LogP) is 2.72. The van der Waals surface area contributed by atoms with Crippen molar-refractivity contribution < 1.29 is 19.1 Å². The van der Waals surface area contributed by atoms with Gasteiger partial charge in [-0.15, -0.1) is 0 Å². The molecule has 4 amide bonds. The van der Waals surface area contributed by atoms with Crippen LogP contribution in [0.1, 0.15) is 54.6 Å². The Morgan fingerprint density at radius 3 is 2.59 bits per heavy atom. The third kappa shape index (κ3) is 5.34. The molecule has 41 heavy (non-hydrogen) atoms. The van der Waals surface area contributed by atoms with E-state index in [4.69, 9.17) is 4.74 Å². The number of amides is 4. The Morgan fingerprint density at radius 2 is 1.88 bits per heavy atom. The molecule has 2 atom stereocenters. The number of Topliss-reactive ketones (excluding diaryl/α,β-unsaturated/α-hetero) is 1. The van der Waals surface area contributed by atoms with E-state index >= 15 is 0 Å². The van der Waals surface area contributed by atoms with Gasteiger partial charge in [0.25, 0.3) is 0 Å². The quantitative estimate of drug-likeness (QED) is 0.452. The molecule has 3 N–H and O–H groups in total. The highest BCUT2D eigenvalue weighted by Gasteiger charge is 2.44. The van der Waals surface area contributed by atoms with Crippen molar-refractivity contribution in [3.63, 3.8) is 0 Å². The van der Waals surface area contributed by atoms with E-state index in [2.05, 4.69) is 38.3 Å². The molecule has 4 aliphatic heterocycles. The van der Waals surface area contributed by atoms with Crippen molar-refractivity contribution in [1.29, 1.82) is 0 Å². The number of ketones is 1. The van der Waals surface area contributed by atoms with Crippen molar-refractivity contribution in [3.05, 3.63) is 40.6 Å². The average molecular weight is 566 g/mol. The fourth-order valence-electron chi connectivity index (χ4n) is 6.58. The van der Waals surface area contributed by atoms with Gasteiger partial charge in [0, 0.05) is 38.6 Å². The van der Waals surface area contributed by atoms with Crippen molar-refractivity contribution in [3.8, 4) is 0 Å². The molecule has 0 spiro atoms. The maximum Gasteiger partial charge on any atom is 0.335 e. The van der Waals surface area contributed by atoms with Gasteiger partial charge < -0.3 is 15.0 Å². The molecule has 2 unspecified atom stereocenters. The zero-order valence-corrected chi connectivity index (χ0v) is 23.8. The summed E-state index contributed by atoms with van der Waals surface area (Å²) in [5.74, 6) is -0.0859. The molecule has 1 aliphatic carbocycles. The molecule has 0 radical (unpaired) electrons. The third-order valence-corrected chi connectivity index (χ3v) is 8.68. The third-order valence-electron chi connectivity index (χ3n) is 8.68. The van der Waals surface area contributed by atoms with Gasteiger partial charge in [-0.25, -0.2) is 25.0 Å². The molecule has 0 aromatic heterocycles. The maximum atomic E-state index is 13.8. The Kier molecular flexibility index (Phi) is 8.02. The number of fused-ring (bicyclic) bond motifs is 3. The highest BCUT2D eigenvalue weighted by atomic mass is 16.5. The van der Waals surface area contributed by atoms with Gasteiger partial charge in [-0.1, -0.05) is 19.1 Å². The first-order valence-corrected chi connectivity index (χ1v) is 14.7. The molecule has 0 saturated carbocycles. The minimum atomic E-state index is -0.446. The number of piperidine rings is 1. The second kappa shape index (κ2) is 11.8. The second-order valence-corrected chi connectivity index (χ2v) is 11.2. The number of hydrazine groups is 2. The van der Waals surface area contributed by atoms with E-state index in [-0.39, 0.29) is 23.9 Å². The standard InChI is InChI=1S/C28H39N9O4/c1-3-29-37(21-8-5-11-34(21)2)28(40)35-12-9-18(10-13-35)24-23-25(32-31-24)19-6-4-7-20(22(19)26(23)38)30-27(39)33-36-14-16-41-17-15-36/h4,6-7,18,21,25,29H,3,5,8-17H2,1-2H3,(H2,30,33,39). The van der Waals surface area contributed by atoms with E-state index in [1.165, 1.54) is 0 Å². The molecule has 3 fully saturated rings. The van der Waals surface area contributed by atoms with Gasteiger partial charge in [-0.3, -0.25) is 15.1 Å². The molecular weight excluding hydrogens is 526 g/mol. The zero-order chi connectivity index (χ0) is 28.5. The van der Waals surface area contributed by atoms with Crippen LogP contribution in [0.4, 0.5) is 15.3 Å². The van der Waals surface area contributed by atoms with Crippen LogP contribution in [0.5, 0.6) is 0 Å². The first-order chi connectivity index (χ1) is 20.0. The first-order valence-electron chi connectivity index (χ1n) is 14.7. The minimum Gasteiger partial charge on any atom is -0.379 e. The van der Waals surface area contributed by atoms with Crippen LogP contribution in [0.25, 0.3) is 0 Å². The summed E-state index contributed by atoms with van der Waals surface area (Å²) in [7, 11) is 2.06. The number of benzene rings is 1. The van der Waals surface area contributed by atoms with Crippen LogP contribution in [-0.2, 0) is 4.74 Å². The number of nitrogens with zero attached hydrogens (tertiary/aromatic N) is 6. The number of azo groups is 1. The average Bonchev–Trinajstić information content (AvgIpc) is 3.68. The van der Waals surface area contributed by atoms with Crippen molar-refractivity contribution in [2.24, 2.45) is 16.1 Å². The summed E-state index contributed by atoms with van der Waals surface area (Å²) in [6, 6.07) is 4.62. The van der Waals surface area contributed by atoms with Crippen LogP contribution in [-0.4, -0.2) is 103 Å². The summed E-state index contributed by atoms with van der Waals surface area (Å²) in [4.78, 5) is 44.1. The van der Waals surface area contributed by atoms with Crippen molar-refractivity contribution >= 4 is 23.5 Å². The molecule has 1 aromatic carbocycles. The maximum absolute atomic E-state index is 13.8. The molecular formula is C28H39N9O4. The Morgan fingerprint density at radius 1 is 1.10 bits per heavy atom. The number of morpholine rings is 1. The molecule has 1 aromatic rings. The van der Waals surface area contributed by atoms with Crippen LogP contribution in [0.2, 0.25) is 0 Å². The molecule has 220 valence electrons.